The molecular formula is C14H12N2O2. The smallest absolute Gasteiger partial charge is 0.123 e. The van der Waals surface area contributed by atoms with E-state index in [2.05, 4.69) is 0 Å². The number of rotatable bonds is 0. The van der Waals surface area contributed by atoms with E-state index in [9.17, 15) is 10.2 Å². The van der Waals surface area contributed by atoms with Crippen molar-refractivity contribution in [3.05, 3.63) is 36.4 Å². The molecule has 0 saturated heterocycles. The molecule has 0 aliphatic rings. The molecule has 0 saturated carbocycles. The summed E-state index contributed by atoms with van der Waals surface area (Å²) in [6.07, 6.45) is 0. The maximum atomic E-state index is 9.86. The van der Waals surface area contributed by atoms with E-state index < -0.39 is 0 Å². The van der Waals surface area contributed by atoms with Gasteiger partial charge >= 0.3 is 0 Å². The van der Waals surface area contributed by atoms with Crippen LogP contribution in [0.1, 0.15) is 0 Å². The Morgan fingerprint density at radius 1 is 0.611 bits per heavy atom. The van der Waals surface area contributed by atoms with Gasteiger partial charge in [0.05, 0.1) is 0 Å². The zero-order valence-electron chi connectivity index (χ0n) is 9.51. The molecular weight excluding hydrogens is 228 g/mol. The number of hydrogen-bond acceptors (Lipinski definition) is 4. The van der Waals surface area contributed by atoms with Gasteiger partial charge < -0.3 is 21.7 Å². The van der Waals surface area contributed by atoms with Crippen LogP contribution >= 0.6 is 0 Å². The third-order valence-electron chi connectivity index (χ3n) is 3.17. The highest BCUT2D eigenvalue weighted by Gasteiger charge is 2.09. The minimum absolute atomic E-state index is 0.142. The molecule has 0 heterocycles. The summed E-state index contributed by atoms with van der Waals surface area (Å²) in [4.78, 5) is 0. The minimum atomic E-state index is 0.142. The van der Waals surface area contributed by atoms with E-state index in [4.69, 9.17) is 11.5 Å². The van der Waals surface area contributed by atoms with Crippen molar-refractivity contribution in [1.29, 1.82) is 0 Å². The van der Waals surface area contributed by atoms with E-state index in [0.717, 1.165) is 0 Å². The first-order chi connectivity index (χ1) is 8.58. The molecule has 0 unspecified atom stereocenters. The molecule has 4 heteroatoms. The van der Waals surface area contributed by atoms with Gasteiger partial charge in [-0.1, -0.05) is 0 Å². The van der Waals surface area contributed by atoms with Crippen molar-refractivity contribution >= 4 is 32.9 Å². The number of anilines is 2. The number of nitrogens with two attached hydrogens (primary N) is 2. The number of hydrogen-bond donors (Lipinski definition) is 4. The van der Waals surface area contributed by atoms with Crippen LogP contribution in [0, 0.1) is 0 Å². The fraction of sp³-hybridized carbons (Fsp3) is 0. The van der Waals surface area contributed by atoms with Crippen LogP contribution in [0.15, 0.2) is 36.4 Å². The molecule has 0 fully saturated rings. The van der Waals surface area contributed by atoms with Crippen molar-refractivity contribution in [1.82, 2.24) is 0 Å². The van der Waals surface area contributed by atoms with Crippen molar-refractivity contribution < 1.29 is 10.2 Å². The molecule has 3 aromatic carbocycles. The van der Waals surface area contributed by atoms with Gasteiger partial charge in [0.1, 0.15) is 11.5 Å². The van der Waals surface area contributed by atoms with Crippen LogP contribution in [0.5, 0.6) is 11.5 Å². The highest BCUT2D eigenvalue weighted by Crippen LogP contribution is 2.37. The Labute approximate surface area is 103 Å². The van der Waals surface area contributed by atoms with Gasteiger partial charge in [-0.25, -0.2) is 0 Å². The zero-order valence-corrected chi connectivity index (χ0v) is 9.51. The van der Waals surface area contributed by atoms with E-state index >= 15 is 0 Å². The molecule has 0 bridgehead atoms. The lowest BCUT2D eigenvalue weighted by Gasteiger charge is -2.09. The van der Waals surface area contributed by atoms with Crippen molar-refractivity contribution in [2.45, 2.75) is 0 Å². The lowest BCUT2D eigenvalue weighted by molar-refractivity contribution is 0.480. The Balaban J connectivity index is 2.59. The predicted molar refractivity (Wildman–Crippen MR) is 73.6 cm³/mol. The lowest BCUT2D eigenvalue weighted by atomic mass is 10.00. The summed E-state index contributed by atoms with van der Waals surface area (Å²) in [7, 11) is 0. The van der Waals surface area contributed by atoms with Gasteiger partial charge in [0, 0.05) is 32.9 Å². The summed E-state index contributed by atoms with van der Waals surface area (Å²) in [5.74, 6) is 0.285. The Hall–Kier alpha value is -2.62. The van der Waals surface area contributed by atoms with E-state index in [1.54, 1.807) is 36.4 Å². The van der Waals surface area contributed by atoms with Crippen LogP contribution in [0.3, 0.4) is 0 Å². The van der Waals surface area contributed by atoms with Crippen LogP contribution < -0.4 is 11.5 Å². The number of phenols is 2. The van der Waals surface area contributed by atoms with Crippen molar-refractivity contribution in [2.75, 3.05) is 11.5 Å². The second kappa shape index (κ2) is 3.43. The molecule has 4 nitrogen and oxygen atoms in total. The van der Waals surface area contributed by atoms with Crippen LogP contribution in [-0.4, -0.2) is 10.2 Å². The molecule has 6 N–H and O–H groups in total. The summed E-state index contributed by atoms with van der Waals surface area (Å²) < 4.78 is 0. The maximum Gasteiger partial charge on any atom is 0.123 e. The van der Waals surface area contributed by atoms with Gasteiger partial charge in [-0.05, 0) is 36.4 Å². The summed E-state index contributed by atoms with van der Waals surface area (Å²) in [5, 5.41) is 22.4. The number of nitrogen functional groups attached to an aromatic ring is 2. The van der Waals surface area contributed by atoms with Gasteiger partial charge in [0.15, 0.2) is 0 Å². The van der Waals surface area contributed by atoms with E-state index in [0.29, 0.717) is 32.9 Å². The molecule has 3 rings (SSSR count). The van der Waals surface area contributed by atoms with Crippen molar-refractivity contribution in [3.8, 4) is 11.5 Å². The normalized spacial score (nSPS) is 11.1. The first-order valence-corrected chi connectivity index (χ1v) is 5.50. The number of benzene rings is 3. The van der Waals surface area contributed by atoms with Gasteiger partial charge in [-0.15, -0.1) is 0 Å². The molecule has 18 heavy (non-hydrogen) atoms. The molecule has 0 aliphatic carbocycles. The fourth-order valence-corrected chi connectivity index (χ4v) is 2.20. The quantitative estimate of drug-likeness (QED) is 0.276. The number of fused-ring (bicyclic) bond motifs is 2. The molecule has 0 atom stereocenters. The topological polar surface area (TPSA) is 92.5 Å². The maximum absolute atomic E-state index is 9.86. The number of aromatic hydroxyl groups is 2. The van der Waals surface area contributed by atoms with Crippen molar-refractivity contribution in [2.24, 2.45) is 0 Å². The van der Waals surface area contributed by atoms with Gasteiger partial charge in [-0.3, -0.25) is 0 Å². The molecule has 0 amide bonds. The third-order valence-corrected chi connectivity index (χ3v) is 3.17. The van der Waals surface area contributed by atoms with Crippen LogP contribution in [0.25, 0.3) is 21.5 Å². The minimum Gasteiger partial charge on any atom is -0.507 e. The summed E-state index contributed by atoms with van der Waals surface area (Å²) in [6.45, 7) is 0. The standard InChI is InChI=1S/C14H12N2O2/c15-11-1-3-13(17)9-6-8-10(5-7(9)11)14(18)4-2-12(8)16/h1-6,17-18H,15-16H2. The average Bonchev–Trinajstić information content (AvgIpc) is 2.37. The monoisotopic (exact) mass is 240 g/mol. The summed E-state index contributed by atoms with van der Waals surface area (Å²) in [5.41, 5.74) is 12.9. The molecule has 0 spiro atoms. The SMILES string of the molecule is Nc1ccc(O)c2cc3c(N)ccc(O)c3cc12. The average molecular weight is 240 g/mol. The highest BCUT2D eigenvalue weighted by atomic mass is 16.3. The zero-order chi connectivity index (χ0) is 12.9. The van der Waals surface area contributed by atoms with Crippen molar-refractivity contribution in [3.63, 3.8) is 0 Å². The van der Waals surface area contributed by atoms with Crippen LogP contribution in [-0.2, 0) is 0 Å². The molecule has 3 aromatic rings. The van der Waals surface area contributed by atoms with Gasteiger partial charge in [-0.2, -0.15) is 0 Å². The summed E-state index contributed by atoms with van der Waals surface area (Å²) in [6, 6.07) is 9.83. The van der Waals surface area contributed by atoms with E-state index in [-0.39, 0.29) is 11.5 Å². The molecule has 90 valence electrons. The van der Waals surface area contributed by atoms with Gasteiger partial charge in [0.25, 0.3) is 0 Å². The molecule has 0 radical (unpaired) electrons. The Kier molecular flexibility index (Phi) is 2.01. The fourth-order valence-electron chi connectivity index (χ4n) is 2.20. The second-order valence-electron chi connectivity index (χ2n) is 4.29. The Morgan fingerprint density at radius 3 is 1.39 bits per heavy atom. The second-order valence-corrected chi connectivity index (χ2v) is 4.29. The van der Waals surface area contributed by atoms with E-state index in [1.807, 2.05) is 0 Å². The molecule has 0 aliphatic heterocycles. The van der Waals surface area contributed by atoms with Gasteiger partial charge in [0.2, 0.25) is 0 Å². The third kappa shape index (κ3) is 1.32. The number of phenolic OH excluding ortho intramolecular Hbond substituents is 2. The van der Waals surface area contributed by atoms with E-state index in [1.165, 1.54) is 0 Å². The predicted octanol–water partition coefficient (Wildman–Crippen LogP) is 2.57. The largest absolute Gasteiger partial charge is 0.507 e. The summed E-state index contributed by atoms with van der Waals surface area (Å²) >= 11 is 0. The Bertz CT molecular complexity index is 653. The lowest BCUT2D eigenvalue weighted by Crippen LogP contribution is -1.90. The molecule has 0 aromatic heterocycles. The first-order valence-electron chi connectivity index (χ1n) is 5.50. The van der Waals surface area contributed by atoms with Crippen LogP contribution in [0.4, 0.5) is 11.4 Å². The Morgan fingerprint density at radius 2 is 1.00 bits per heavy atom. The highest BCUT2D eigenvalue weighted by molar-refractivity contribution is 6.10. The van der Waals surface area contributed by atoms with Crippen LogP contribution in [0.2, 0.25) is 0 Å². The first kappa shape index (κ1) is 10.5.